The van der Waals surface area contributed by atoms with Gasteiger partial charge in [0.1, 0.15) is 5.82 Å². The van der Waals surface area contributed by atoms with Gasteiger partial charge in [-0.15, -0.1) is 11.3 Å². The van der Waals surface area contributed by atoms with Gasteiger partial charge in [-0.1, -0.05) is 12.1 Å². The Morgan fingerprint density at radius 3 is 2.81 bits per heavy atom. The lowest BCUT2D eigenvalue weighted by atomic mass is 10.1. The molecule has 26 heavy (non-hydrogen) atoms. The second kappa shape index (κ2) is 7.39. The molecule has 0 unspecified atom stereocenters. The molecular weight excluding hydrogens is 351 g/mol. The van der Waals surface area contributed by atoms with E-state index in [1.807, 2.05) is 11.6 Å². The van der Waals surface area contributed by atoms with E-state index in [1.165, 1.54) is 4.70 Å². The molecule has 0 aliphatic carbocycles. The van der Waals surface area contributed by atoms with Gasteiger partial charge in [0.15, 0.2) is 0 Å². The predicted octanol–water partition coefficient (Wildman–Crippen LogP) is 2.66. The molecule has 3 aromatic rings. The third-order valence-corrected chi connectivity index (χ3v) is 5.25. The van der Waals surface area contributed by atoms with Crippen LogP contribution >= 0.6 is 11.3 Å². The SMILES string of the molecule is O=C1CN(c2ccc(CNCc3ccc4scnc4c3)cc2F)CCN1. The van der Waals surface area contributed by atoms with Crippen LogP contribution in [0, 0.1) is 5.82 Å². The number of piperazine rings is 1. The summed E-state index contributed by atoms with van der Waals surface area (Å²) >= 11 is 1.63. The summed E-state index contributed by atoms with van der Waals surface area (Å²) in [5.41, 5.74) is 5.37. The first-order valence-electron chi connectivity index (χ1n) is 8.52. The molecule has 2 N–H and O–H groups in total. The largest absolute Gasteiger partial charge is 0.358 e. The van der Waals surface area contributed by atoms with Crippen molar-refractivity contribution < 1.29 is 9.18 Å². The maximum atomic E-state index is 14.4. The molecule has 1 saturated heterocycles. The van der Waals surface area contributed by atoms with Crippen LogP contribution in [0.3, 0.4) is 0 Å². The molecule has 134 valence electrons. The maximum absolute atomic E-state index is 14.4. The number of nitrogens with zero attached hydrogens (tertiary/aromatic N) is 2. The molecule has 1 aliphatic rings. The molecule has 2 aromatic carbocycles. The van der Waals surface area contributed by atoms with Crippen LogP contribution in [-0.2, 0) is 17.9 Å². The number of carbonyl (C=O) groups excluding carboxylic acids is 1. The van der Waals surface area contributed by atoms with Crippen LogP contribution in [0.2, 0.25) is 0 Å². The van der Waals surface area contributed by atoms with E-state index >= 15 is 0 Å². The lowest BCUT2D eigenvalue weighted by molar-refractivity contribution is -0.120. The first kappa shape index (κ1) is 16.9. The normalized spacial score (nSPS) is 14.7. The lowest BCUT2D eigenvalue weighted by Crippen LogP contribution is -2.48. The summed E-state index contributed by atoms with van der Waals surface area (Å²) in [6.07, 6.45) is 0. The van der Waals surface area contributed by atoms with Crippen LogP contribution in [0.4, 0.5) is 10.1 Å². The molecule has 4 rings (SSSR count). The Labute approximate surface area is 154 Å². The van der Waals surface area contributed by atoms with Gasteiger partial charge >= 0.3 is 0 Å². The number of thiazole rings is 1. The van der Waals surface area contributed by atoms with E-state index in [9.17, 15) is 9.18 Å². The lowest BCUT2D eigenvalue weighted by Gasteiger charge is -2.29. The number of carbonyl (C=O) groups is 1. The fourth-order valence-corrected chi connectivity index (χ4v) is 3.78. The Morgan fingerprint density at radius 2 is 2.00 bits per heavy atom. The zero-order valence-corrected chi connectivity index (χ0v) is 15.0. The van der Waals surface area contributed by atoms with Crippen molar-refractivity contribution >= 4 is 33.1 Å². The van der Waals surface area contributed by atoms with Gasteiger partial charge in [0.25, 0.3) is 0 Å². The summed E-state index contributed by atoms with van der Waals surface area (Å²) in [5.74, 6) is -0.360. The quantitative estimate of drug-likeness (QED) is 0.725. The number of amides is 1. The van der Waals surface area contributed by atoms with Gasteiger partial charge in [0, 0.05) is 26.2 Å². The summed E-state index contributed by atoms with van der Waals surface area (Å²) in [7, 11) is 0. The number of hydrogen-bond acceptors (Lipinski definition) is 5. The molecule has 0 atom stereocenters. The van der Waals surface area contributed by atoms with E-state index in [0.29, 0.717) is 31.9 Å². The molecule has 1 amide bonds. The topological polar surface area (TPSA) is 57.3 Å². The van der Waals surface area contributed by atoms with Crippen LogP contribution in [0.5, 0.6) is 0 Å². The van der Waals surface area contributed by atoms with E-state index in [0.717, 1.165) is 16.6 Å². The van der Waals surface area contributed by atoms with Crippen molar-refractivity contribution in [2.24, 2.45) is 0 Å². The Bertz CT molecular complexity index is 942. The maximum Gasteiger partial charge on any atom is 0.239 e. The number of benzene rings is 2. The minimum absolute atomic E-state index is 0.0709. The van der Waals surface area contributed by atoms with Crippen LogP contribution < -0.4 is 15.5 Å². The van der Waals surface area contributed by atoms with Crippen molar-refractivity contribution in [3.8, 4) is 0 Å². The molecule has 1 aromatic heterocycles. The second-order valence-corrected chi connectivity index (χ2v) is 7.20. The summed E-state index contributed by atoms with van der Waals surface area (Å²) in [4.78, 5) is 17.6. The summed E-state index contributed by atoms with van der Waals surface area (Å²) in [6, 6.07) is 11.4. The van der Waals surface area contributed by atoms with Gasteiger partial charge < -0.3 is 15.5 Å². The number of aromatic nitrogens is 1. The molecule has 1 aliphatic heterocycles. The first-order valence-corrected chi connectivity index (χ1v) is 9.40. The first-order chi connectivity index (χ1) is 12.7. The molecule has 7 heteroatoms. The van der Waals surface area contributed by atoms with Crippen LogP contribution in [0.25, 0.3) is 10.2 Å². The Morgan fingerprint density at radius 1 is 1.19 bits per heavy atom. The van der Waals surface area contributed by atoms with E-state index in [2.05, 4.69) is 33.8 Å². The summed E-state index contributed by atoms with van der Waals surface area (Å²) in [5, 5.41) is 6.09. The van der Waals surface area contributed by atoms with Gasteiger partial charge in [-0.05, 0) is 35.4 Å². The molecule has 0 saturated carbocycles. The van der Waals surface area contributed by atoms with E-state index in [4.69, 9.17) is 0 Å². The average Bonchev–Trinajstić information content (AvgIpc) is 3.10. The minimum Gasteiger partial charge on any atom is -0.358 e. The molecule has 0 bridgehead atoms. The van der Waals surface area contributed by atoms with Gasteiger partial charge in [-0.25, -0.2) is 9.37 Å². The van der Waals surface area contributed by atoms with Crippen molar-refractivity contribution in [2.75, 3.05) is 24.5 Å². The van der Waals surface area contributed by atoms with Crippen molar-refractivity contribution in [2.45, 2.75) is 13.1 Å². The second-order valence-electron chi connectivity index (χ2n) is 6.32. The minimum atomic E-state index is -0.289. The van der Waals surface area contributed by atoms with Crippen molar-refractivity contribution in [3.63, 3.8) is 0 Å². The Balaban J connectivity index is 1.37. The van der Waals surface area contributed by atoms with E-state index in [-0.39, 0.29) is 18.3 Å². The molecule has 5 nitrogen and oxygen atoms in total. The number of halogens is 1. The fourth-order valence-electron chi connectivity index (χ4n) is 3.13. The van der Waals surface area contributed by atoms with E-state index in [1.54, 1.807) is 28.4 Å². The number of fused-ring (bicyclic) bond motifs is 1. The zero-order valence-electron chi connectivity index (χ0n) is 14.2. The Kier molecular flexibility index (Phi) is 4.81. The van der Waals surface area contributed by atoms with Gasteiger partial charge in [-0.2, -0.15) is 0 Å². The van der Waals surface area contributed by atoms with Crippen molar-refractivity contribution in [1.82, 2.24) is 15.6 Å². The van der Waals surface area contributed by atoms with Crippen molar-refractivity contribution in [1.29, 1.82) is 0 Å². The van der Waals surface area contributed by atoms with Crippen molar-refractivity contribution in [3.05, 3.63) is 58.9 Å². The summed E-state index contributed by atoms with van der Waals surface area (Å²) < 4.78 is 15.6. The number of nitrogens with one attached hydrogen (secondary N) is 2. The van der Waals surface area contributed by atoms with Gasteiger partial charge in [0.05, 0.1) is 28.0 Å². The highest BCUT2D eigenvalue weighted by Gasteiger charge is 2.19. The number of rotatable bonds is 5. The number of anilines is 1. The third-order valence-electron chi connectivity index (χ3n) is 4.44. The molecule has 0 radical (unpaired) electrons. The van der Waals surface area contributed by atoms with Gasteiger partial charge in [0.2, 0.25) is 5.91 Å². The predicted molar refractivity (Wildman–Crippen MR) is 102 cm³/mol. The van der Waals surface area contributed by atoms with Crippen LogP contribution in [0.15, 0.2) is 41.9 Å². The number of hydrogen-bond donors (Lipinski definition) is 2. The molecule has 1 fully saturated rings. The average molecular weight is 370 g/mol. The highest BCUT2D eigenvalue weighted by Crippen LogP contribution is 2.22. The zero-order chi connectivity index (χ0) is 17.9. The highest BCUT2D eigenvalue weighted by molar-refractivity contribution is 7.16. The van der Waals surface area contributed by atoms with E-state index < -0.39 is 0 Å². The highest BCUT2D eigenvalue weighted by atomic mass is 32.1. The smallest absolute Gasteiger partial charge is 0.239 e. The van der Waals surface area contributed by atoms with Crippen LogP contribution in [-0.4, -0.2) is 30.5 Å². The monoisotopic (exact) mass is 370 g/mol. The molecular formula is C19H19FN4OS. The fraction of sp³-hybridized carbons (Fsp3) is 0.263. The van der Waals surface area contributed by atoms with Gasteiger partial charge in [-0.3, -0.25) is 4.79 Å². The van der Waals surface area contributed by atoms with Crippen LogP contribution in [0.1, 0.15) is 11.1 Å². The summed E-state index contributed by atoms with van der Waals surface area (Å²) in [6.45, 7) is 2.65. The third kappa shape index (κ3) is 3.68. The Hall–Kier alpha value is -2.51. The molecule has 2 heterocycles. The standard InChI is InChI=1S/C19H19FN4OS/c20-15-7-13(1-3-17(15)24-6-5-22-19(25)11-24)9-21-10-14-2-4-18-16(8-14)23-12-26-18/h1-4,7-8,12,21H,5-6,9-11H2,(H,22,25). The molecule has 0 spiro atoms.